The van der Waals surface area contributed by atoms with Gasteiger partial charge in [0.15, 0.2) is 11.4 Å². The molecule has 1 aliphatic rings. The lowest BCUT2D eigenvalue weighted by Crippen LogP contribution is -2.38. The van der Waals surface area contributed by atoms with Gasteiger partial charge < -0.3 is 0 Å². The van der Waals surface area contributed by atoms with Gasteiger partial charge in [0.05, 0.1) is 1.37 Å². The zero-order chi connectivity index (χ0) is 16.3. The quantitative estimate of drug-likeness (QED) is 0.680. The smallest absolute Gasteiger partial charge is 0.221 e. The summed E-state index contributed by atoms with van der Waals surface area (Å²) in [5.41, 5.74) is 3.47. The van der Waals surface area contributed by atoms with Gasteiger partial charge in [-0.25, -0.2) is 4.57 Å². The number of rotatable bonds is 1. The highest BCUT2D eigenvalue weighted by Crippen LogP contribution is 2.25. The minimum absolute atomic E-state index is 0.178. The Morgan fingerprint density at radius 1 is 1.33 bits per heavy atom. The van der Waals surface area contributed by atoms with Gasteiger partial charge in [0, 0.05) is 17.9 Å². The van der Waals surface area contributed by atoms with E-state index in [4.69, 9.17) is 5.48 Å². The van der Waals surface area contributed by atoms with Crippen molar-refractivity contribution in [3.63, 3.8) is 0 Å². The summed E-state index contributed by atoms with van der Waals surface area (Å²) in [6.07, 6.45) is 3.57. The van der Waals surface area contributed by atoms with Gasteiger partial charge in [0.1, 0.15) is 11.7 Å². The van der Waals surface area contributed by atoms with Gasteiger partial charge in [0.2, 0.25) is 0 Å². The number of allylic oxidation sites excluding steroid dienone is 1. The molecule has 18 heavy (non-hydrogen) atoms. The average molecular weight is 243 g/mol. The number of imidazole rings is 1. The Labute approximate surface area is 114 Å². The van der Waals surface area contributed by atoms with Crippen LogP contribution in [0.3, 0.4) is 0 Å². The van der Waals surface area contributed by atoms with Crippen molar-refractivity contribution in [1.82, 2.24) is 4.57 Å². The maximum atomic E-state index is 8.43. The molecule has 92 valence electrons. The molecule has 1 aromatic carbocycles. The molecule has 0 aliphatic carbocycles. The van der Waals surface area contributed by atoms with Crippen molar-refractivity contribution in [3.8, 4) is 5.69 Å². The molecule has 3 rings (SSSR count). The van der Waals surface area contributed by atoms with Crippen LogP contribution >= 0.6 is 0 Å². The first-order chi connectivity index (χ1) is 10.1. The summed E-state index contributed by atoms with van der Waals surface area (Å²) in [5, 5.41) is 0. The molecule has 2 heterocycles. The summed E-state index contributed by atoms with van der Waals surface area (Å²) in [7, 11) is 0. The molecular formula is C16H19N2+. The van der Waals surface area contributed by atoms with Crippen LogP contribution in [0.2, 0.25) is 0 Å². The Hall–Kier alpha value is -1.83. The summed E-state index contributed by atoms with van der Waals surface area (Å²) in [6, 6.07) is 6.62. The minimum atomic E-state index is -2.31. The highest BCUT2D eigenvalue weighted by atomic mass is 15.2. The molecule has 1 unspecified atom stereocenters. The van der Waals surface area contributed by atoms with Gasteiger partial charge in [-0.05, 0) is 37.6 Å². The molecule has 0 amide bonds. The van der Waals surface area contributed by atoms with E-state index in [1.807, 2.05) is 44.2 Å². The van der Waals surface area contributed by atoms with E-state index in [0.29, 0.717) is 0 Å². The Balaban J connectivity index is 2.43. The normalized spacial score (nSPS) is 25.3. The maximum Gasteiger partial charge on any atom is 0.259 e. The SMILES string of the molecule is [2H]C([2H])([2H])c1n(-c2ccccc2C)c(C)c2[n+]1C([2H])(C)C=C2. The Bertz CT molecular complexity index is 782. The largest absolute Gasteiger partial charge is 0.259 e. The first kappa shape index (κ1) is 7.57. The molecule has 0 saturated heterocycles. The van der Waals surface area contributed by atoms with Crippen LogP contribution in [-0.4, -0.2) is 4.57 Å². The summed E-state index contributed by atoms with van der Waals surface area (Å²) in [6.45, 7) is 3.26. The van der Waals surface area contributed by atoms with E-state index in [0.717, 1.165) is 22.6 Å². The molecular weight excluding hydrogens is 220 g/mol. The van der Waals surface area contributed by atoms with Crippen LogP contribution in [0.4, 0.5) is 0 Å². The van der Waals surface area contributed by atoms with Crippen LogP contribution < -0.4 is 4.57 Å². The van der Waals surface area contributed by atoms with Gasteiger partial charge in [-0.2, -0.15) is 4.57 Å². The topological polar surface area (TPSA) is 8.81 Å². The standard InChI is InChI=1S/C16H19N2/c1-11-7-5-6-8-15(11)18-13(3)16-10-9-12(2)17(16)14(18)4/h5-10,12H,1-4H3/q+1/i4D3,12D. The first-order valence-corrected chi connectivity index (χ1v) is 6.08. The van der Waals surface area contributed by atoms with Crippen molar-refractivity contribution >= 4 is 6.08 Å². The van der Waals surface area contributed by atoms with Crippen molar-refractivity contribution in [2.45, 2.75) is 33.6 Å². The minimum Gasteiger partial charge on any atom is -0.221 e. The van der Waals surface area contributed by atoms with Crippen molar-refractivity contribution in [2.75, 3.05) is 0 Å². The lowest BCUT2D eigenvalue weighted by atomic mass is 10.2. The van der Waals surface area contributed by atoms with E-state index in [1.165, 1.54) is 0 Å². The van der Waals surface area contributed by atoms with Crippen LogP contribution in [-0.2, 0) is 0 Å². The number of para-hydroxylation sites is 1. The van der Waals surface area contributed by atoms with Crippen LogP contribution in [0.1, 0.15) is 41.2 Å². The zero-order valence-corrected chi connectivity index (χ0v) is 10.9. The molecule has 0 spiro atoms. The predicted octanol–water partition coefficient (Wildman–Crippen LogP) is 3.28. The summed E-state index contributed by atoms with van der Waals surface area (Å²) < 4.78 is 35.7. The molecule has 0 fully saturated rings. The lowest BCUT2D eigenvalue weighted by Gasteiger charge is -2.06. The molecule has 2 nitrogen and oxygen atoms in total. The van der Waals surface area contributed by atoms with Crippen molar-refractivity contribution < 1.29 is 10.1 Å². The molecule has 1 atom stereocenters. The van der Waals surface area contributed by atoms with Crippen LogP contribution in [0.15, 0.2) is 30.3 Å². The third-order valence-electron chi connectivity index (χ3n) is 3.56. The summed E-state index contributed by atoms with van der Waals surface area (Å²) >= 11 is 0. The first-order valence-electron chi connectivity index (χ1n) is 8.08. The second kappa shape index (κ2) is 3.84. The lowest BCUT2D eigenvalue weighted by molar-refractivity contribution is -0.711. The molecule has 0 bridgehead atoms. The summed E-state index contributed by atoms with van der Waals surface area (Å²) in [4.78, 5) is 0. The Morgan fingerprint density at radius 2 is 2.11 bits per heavy atom. The second-order valence-corrected chi connectivity index (χ2v) is 4.73. The second-order valence-electron chi connectivity index (χ2n) is 4.73. The van der Waals surface area contributed by atoms with E-state index in [1.54, 1.807) is 22.1 Å². The molecule has 0 saturated carbocycles. The number of aromatic nitrogens is 2. The average Bonchev–Trinajstić information content (AvgIpc) is 2.87. The van der Waals surface area contributed by atoms with Gasteiger partial charge >= 0.3 is 0 Å². The number of hydrogen-bond acceptors (Lipinski definition) is 0. The molecule has 2 heteroatoms. The zero-order valence-electron chi connectivity index (χ0n) is 14.9. The highest BCUT2D eigenvalue weighted by molar-refractivity contribution is 5.51. The molecule has 1 aromatic heterocycles. The van der Waals surface area contributed by atoms with Crippen molar-refractivity contribution in [1.29, 1.82) is 0 Å². The van der Waals surface area contributed by atoms with Crippen LogP contribution in [0.5, 0.6) is 0 Å². The number of nitrogens with zero attached hydrogens (tertiary/aromatic N) is 2. The molecule has 1 aliphatic heterocycles. The van der Waals surface area contributed by atoms with Crippen molar-refractivity contribution in [2.24, 2.45) is 0 Å². The monoisotopic (exact) mass is 243 g/mol. The van der Waals surface area contributed by atoms with Gasteiger partial charge in [0.25, 0.3) is 5.82 Å². The Kier molecular flexibility index (Phi) is 1.61. The van der Waals surface area contributed by atoms with Crippen molar-refractivity contribution in [3.05, 3.63) is 53.1 Å². The number of aryl methyl sites for hydroxylation is 1. The van der Waals surface area contributed by atoms with E-state index < -0.39 is 12.9 Å². The van der Waals surface area contributed by atoms with Gasteiger partial charge in [-0.15, -0.1) is 0 Å². The van der Waals surface area contributed by atoms with Crippen LogP contribution in [0.25, 0.3) is 11.8 Å². The molecule has 0 radical (unpaired) electrons. The van der Waals surface area contributed by atoms with Gasteiger partial charge in [-0.3, -0.25) is 0 Å². The fraction of sp³-hybridized carbons (Fsp3) is 0.312. The Morgan fingerprint density at radius 3 is 2.83 bits per heavy atom. The number of benzene rings is 1. The van der Waals surface area contributed by atoms with E-state index in [-0.39, 0.29) is 5.82 Å². The predicted molar refractivity (Wildman–Crippen MR) is 73.9 cm³/mol. The van der Waals surface area contributed by atoms with E-state index in [9.17, 15) is 0 Å². The number of hydrogen-bond donors (Lipinski definition) is 0. The highest BCUT2D eigenvalue weighted by Gasteiger charge is 2.30. The molecule has 2 aromatic rings. The third-order valence-corrected chi connectivity index (χ3v) is 3.56. The fourth-order valence-corrected chi connectivity index (χ4v) is 2.58. The third kappa shape index (κ3) is 1.38. The van der Waals surface area contributed by atoms with E-state index in [2.05, 4.69) is 0 Å². The van der Waals surface area contributed by atoms with Gasteiger partial charge in [-0.1, -0.05) is 18.2 Å². The van der Waals surface area contributed by atoms with E-state index >= 15 is 0 Å². The fourth-order valence-electron chi connectivity index (χ4n) is 2.58. The maximum absolute atomic E-state index is 8.43. The van der Waals surface area contributed by atoms with Crippen LogP contribution in [0, 0.1) is 20.7 Å². The summed E-state index contributed by atoms with van der Waals surface area (Å²) in [5.74, 6) is 0.178. The molecule has 0 N–H and O–H groups in total. The number of fused-ring (bicyclic) bond motifs is 1.